The van der Waals surface area contributed by atoms with Crippen LogP contribution in [0.3, 0.4) is 0 Å². The molecule has 1 unspecified atom stereocenters. The number of Topliss-reactive ketones (excluding diaryl/α,β-unsaturated/α-hetero) is 1. The van der Waals surface area contributed by atoms with Crippen molar-refractivity contribution in [2.24, 2.45) is 0 Å². The molecule has 1 aliphatic heterocycles. The second-order valence-corrected chi connectivity index (χ2v) is 9.30. The highest BCUT2D eigenvalue weighted by Crippen LogP contribution is 2.37. The number of halogens is 2. The molecule has 1 fully saturated rings. The van der Waals surface area contributed by atoms with Crippen LogP contribution in [-0.4, -0.2) is 48.4 Å². The predicted molar refractivity (Wildman–Crippen MR) is 121 cm³/mol. The Kier molecular flexibility index (Phi) is 9.10. The van der Waals surface area contributed by atoms with Crippen molar-refractivity contribution in [3.63, 3.8) is 0 Å². The van der Waals surface area contributed by atoms with Crippen LogP contribution in [0.15, 0.2) is 18.2 Å². The van der Waals surface area contributed by atoms with Crippen molar-refractivity contribution in [1.82, 2.24) is 0 Å². The number of fused-ring (bicyclic) bond motifs is 1. The smallest absolute Gasteiger partial charge is 0.526 e. The summed E-state index contributed by atoms with van der Waals surface area (Å²) >= 11 is 0. The molecule has 1 heterocycles. The van der Waals surface area contributed by atoms with Gasteiger partial charge in [-0.2, -0.15) is 0 Å². The number of esters is 1. The molecule has 0 bridgehead atoms. The van der Waals surface area contributed by atoms with Crippen molar-refractivity contribution in [2.75, 3.05) is 0 Å². The lowest BCUT2D eigenvalue weighted by Gasteiger charge is -2.28. The quantitative estimate of drug-likeness (QED) is 0.294. The van der Waals surface area contributed by atoms with E-state index in [0.717, 1.165) is 39.0 Å². The van der Waals surface area contributed by atoms with Crippen LogP contribution in [0.1, 0.15) is 81.1 Å². The first kappa shape index (κ1) is 26.9. The van der Waals surface area contributed by atoms with E-state index in [9.17, 15) is 28.2 Å². The highest BCUT2D eigenvalue weighted by atomic mass is 19.3. The summed E-state index contributed by atoms with van der Waals surface area (Å²) in [6.07, 6.45) is 1.53. The minimum atomic E-state index is -2.94. The Bertz CT molecular complexity index is 913. The Hall–Kier alpha value is -2.69. The molecule has 8 nitrogen and oxygen atoms in total. The lowest BCUT2D eigenvalue weighted by atomic mass is 9.64. The average molecular weight is 496 g/mol. The highest BCUT2D eigenvalue weighted by Gasteiger charge is 2.38. The number of ether oxygens (including phenoxy) is 3. The van der Waals surface area contributed by atoms with Gasteiger partial charge in [-0.1, -0.05) is 18.6 Å². The Morgan fingerprint density at radius 1 is 1.20 bits per heavy atom. The summed E-state index contributed by atoms with van der Waals surface area (Å²) in [5.41, 5.74) is 0.585. The minimum Gasteiger partial charge on any atom is -0.535 e. The lowest BCUT2D eigenvalue weighted by Crippen LogP contribution is -2.36. The van der Waals surface area contributed by atoms with E-state index in [2.05, 4.69) is 0 Å². The van der Waals surface area contributed by atoms with Gasteiger partial charge in [0.1, 0.15) is 23.2 Å². The van der Waals surface area contributed by atoms with E-state index < -0.39 is 49.5 Å². The molecule has 1 aliphatic carbocycles. The van der Waals surface area contributed by atoms with Crippen LogP contribution < -0.4 is 4.65 Å². The molecule has 35 heavy (non-hydrogen) atoms. The monoisotopic (exact) mass is 496 g/mol. The number of carbonyl (C=O) groups is 3. The first-order chi connectivity index (χ1) is 16.5. The van der Waals surface area contributed by atoms with Crippen molar-refractivity contribution < 1.29 is 47.1 Å². The fourth-order valence-corrected chi connectivity index (χ4v) is 4.29. The zero-order chi connectivity index (χ0) is 25.6. The lowest BCUT2D eigenvalue weighted by molar-refractivity contribution is -0.121. The molecule has 0 radical (unpaired) electrons. The van der Waals surface area contributed by atoms with Crippen LogP contribution in [0.2, 0.25) is 5.82 Å². The molecule has 2 aliphatic rings. The van der Waals surface area contributed by atoms with Crippen molar-refractivity contribution in [1.29, 1.82) is 0 Å². The third-order valence-electron chi connectivity index (χ3n) is 6.12. The topological polar surface area (TPSA) is 108 Å². The second kappa shape index (κ2) is 11.8. The second-order valence-electron chi connectivity index (χ2n) is 9.30. The molecule has 0 aromatic heterocycles. The van der Waals surface area contributed by atoms with E-state index in [1.807, 2.05) is 0 Å². The van der Waals surface area contributed by atoms with Gasteiger partial charge in [0.2, 0.25) is 12.2 Å². The van der Waals surface area contributed by atoms with E-state index in [1.54, 1.807) is 12.1 Å². The number of alkyl halides is 2. The summed E-state index contributed by atoms with van der Waals surface area (Å²) in [5.74, 6) is -4.70. The number of rotatable bonds is 9. The molecular weight excluding hydrogens is 465 g/mol. The molecule has 3 rings (SSSR count). The largest absolute Gasteiger partial charge is 0.535 e. The molecule has 1 saturated carbocycles. The van der Waals surface area contributed by atoms with Gasteiger partial charge in [-0.05, 0) is 50.7 Å². The Morgan fingerprint density at radius 3 is 2.60 bits per heavy atom. The molecular formula is C24H31BF2O8. The maximum atomic E-state index is 13.0. The molecule has 11 heteroatoms. The third kappa shape index (κ3) is 8.19. The Balaban J connectivity index is 1.56. The number of hydrogen-bond acceptors (Lipinski definition) is 8. The highest BCUT2D eigenvalue weighted by molar-refractivity contribution is 6.47. The van der Waals surface area contributed by atoms with Crippen LogP contribution in [0.25, 0.3) is 0 Å². The molecule has 0 saturated heterocycles. The number of para-hydroxylation sites is 1. The van der Waals surface area contributed by atoms with Crippen LogP contribution in [-0.2, 0) is 25.4 Å². The van der Waals surface area contributed by atoms with Crippen molar-refractivity contribution >= 4 is 25.0 Å². The molecule has 0 amide bonds. The first-order valence-corrected chi connectivity index (χ1v) is 12.0. The zero-order valence-corrected chi connectivity index (χ0v) is 20.0. The van der Waals surface area contributed by atoms with E-state index in [0.29, 0.717) is 5.56 Å². The van der Waals surface area contributed by atoms with Gasteiger partial charge >= 0.3 is 19.2 Å². The summed E-state index contributed by atoms with van der Waals surface area (Å²) in [7, 11) is -1.40. The maximum absolute atomic E-state index is 13.0. The van der Waals surface area contributed by atoms with Crippen molar-refractivity contribution in [3.8, 4) is 5.75 Å². The Labute approximate surface area is 203 Å². The predicted octanol–water partition coefficient (Wildman–Crippen LogP) is 4.86. The molecule has 2 atom stereocenters. The summed E-state index contributed by atoms with van der Waals surface area (Å²) in [6, 6.07) is 4.71. The summed E-state index contributed by atoms with van der Waals surface area (Å²) in [4.78, 5) is 36.8. The average Bonchev–Trinajstić information content (AvgIpc) is 2.77. The number of benzene rings is 1. The molecule has 1 aromatic rings. The standard InChI is InChI=1S/C24H31BF2O8/c1-15(33-23(30)34-19-8-4-3-5-9-19)32-22(29)20-10-6-7-16-13-17(25(31)35-21(16)20)14-18(28)11-12-24(2,26)27/h6-7,10,15,17,19,31H,3-5,8-9,11-14H2,1-2H3/t15?,17-/m1/s1. The van der Waals surface area contributed by atoms with E-state index in [-0.39, 0.29) is 36.7 Å². The van der Waals surface area contributed by atoms with Gasteiger partial charge in [-0.3, -0.25) is 4.79 Å². The SMILES string of the molecule is CC(OC(=O)OC1CCCCC1)OC(=O)c1cccc2c1OB(O)[C@@H](CC(=O)CCC(C)(F)F)C2. The van der Waals surface area contributed by atoms with Crippen LogP contribution in [0.5, 0.6) is 5.75 Å². The van der Waals surface area contributed by atoms with Gasteiger partial charge in [0, 0.05) is 32.0 Å². The van der Waals surface area contributed by atoms with Crippen molar-refractivity contribution in [2.45, 2.75) is 95.8 Å². The first-order valence-electron chi connectivity index (χ1n) is 12.0. The van der Waals surface area contributed by atoms with E-state index in [1.165, 1.54) is 13.0 Å². The van der Waals surface area contributed by atoms with Gasteiger partial charge in [0.25, 0.3) is 0 Å². The third-order valence-corrected chi connectivity index (χ3v) is 6.12. The Morgan fingerprint density at radius 2 is 1.91 bits per heavy atom. The van der Waals surface area contributed by atoms with Crippen molar-refractivity contribution in [3.05, 3.63) is 29.3 Å². The zero-order valence-electron chi connectivity index (χ0n) is 20.0. The molecule has 0 spiro atoms. The summed E-state index contributed by atoms with van der Waals surface area (Å²) in [6.45, 7) is 2.13. The van der Waals surface area contributed by atoms with Crippen LogP contribution in [0, 0.1) is 0 Å². The molecule has 1 aromatic carbocycles. The van der Waals surface area contributed by atoms with Gasteiger partial charge in [-0.25, -0.2) is 18.4 Å². The van der Waals surface area contributed by atoms with Gasteiger partial charge < -0.3 is 23.9 Å². The van der Waals surface area contributed by atoms with E-state index >= 15 is 0 Å². The van der Waals surface area contributed by atoms with Gasteiger partial charge in [0.05, 0.1) is 0 Å². The number of hydrogen-bond donors (Lipinski definition) is 1. The van der Waals surface area contributed by atoms with Crippen LogP contribution >= 0.6 is 0 Å². The maximum Gasteiger partial charge on any atom is 0.526 e. The number of carbonyl (C=O) groups excluding carboxylic acids is 3. The van der Waals surface area contributed by atoms with E-state index in [4.69, 9.17) is 18.9 Å². The van der Waals surface area contributed by atoms with Gasteiger partial charge in [-0.15, -0.1) is 0 Å². The summed E-state index contributed by atoms with van der Waals surface area (Å²) in [5, 5.41) is 10.4. The molecule has 1 N–H and O–H groups in total. The minimum absolute atomic E-state index is 0.0213. The fourth-order valence-electron chi connectivity index (χ4n) is 4.29. The van der Waals surface area contributed by atoms with Gasteiger partial charge in [0.15, 0.2) is 0 Å². The normalized spacial score (nSPS) is 19.2. The number of ketones is 1. The molecule has 192 valence electrons. The fraction of sp³-hybridized carbons (Fsp3) is 0.625. The summed E-state index contributed by atoms with van der Waals surface area (Å²) < 4.78 is 47.1. The van der Waals surface area contributed by atoms with Crippen LogP contribution in [0.4, 0.5) is 13.6 Å².